The molecule has 6 heteroatoms. The summed E-state index contributed by atoms with van der Waals surface area (Å²) in [6.07, 6.45) is 5.59. The zero-order valence-corrected chi connectivity index (χ0v) is 15.1. The third kappa shape index (κ3) is 4.81. The van der Waals surface area contributed by atoms with E-state index in [1.807, 2.05) is 18.2 Å². The molecule has 1 saturated heterocycles. The Labute approximate surface area is 153 Å². The second-order valence-corrected chi connectivity index (χ2v) is 7.49. The van der Waals surface area contributed by atoms with Crippen LogP contribution >= 0.6 is 11.6 Å². The molecule has 1 saturated carbocycles. The van der Waals surface area contributed by atoms with Crippen molar-refractivity contribution in [3.05, 3.63) is 46.6 Å². The number of piperidine rings is 1. The van der Waals surface area contributed by atoms with E-state index in [2.05, 4.69) is 21.1 Å². The molecule has 0 bridgehead atoms. The first-order valence-corrected chi connectivity index (χ1v) is 9.55. The molecule has 4 rings (SSSR count). The first kappa shape index (κ1) is 17.0. The number of benzene rings is 1. The number of rotatable bonds is 7. The van der Waals surface area contributed by atoms with Gasteiger partial charge in [0.1, 0.15) is 0 Å². The lowest BCUT2D eigenvalue weighted by molar-refractivity contribution is 0.00676. The van der Waals surface area contributed by atoms with Gasteiger partial charge in [-0.3, -0.25) is 4.90 Å². The van der Waals surface area contributed by atoms with Gasteiger partial charge in [0.15, 0.2) is 5.82 Å². The summed E-state index contributed by atoms with van der Waals surface area (Å²) >= 11 is 6.06. The van der Waals surface area contributed by atoms with Crippen LogP contribution in [0.2, 0.25) is 5.02 Å². The number of likely N-dealkylation sites (tertiary alicyclic amines) is 1. The van der Waals surface area contributed by atoms with E-state index in [1.165, 1.54) is 18.4 Å². The fourth-order valence-corrected chi connectivity index (χ4v) is 3.52. The highest BCUT2D eigenvalue weighted by molar-refractivity contribution is 6.30. The van der Waals surface area contributed by atoms with Crippen molar-refractivity contribution in [2.45, 2.75) is 50.7 Å². The molecule has 1 aromatic heterocycles. The average molecular weight is 362 g/mol. The standard InChI is InChI=1S/C19H24ClN3O2/c20-16-3-1-2-14(12-16)13-23-9-6-17(7-10-23)24-11-8-18-21-19(25-22-18)15-4-5-15/h1-3,12,15,17H,4-11,13H2. The molecule has 2 aromatic rings. The fourth-order valence-electron chi connectivity index (χ4n) is 3.31. The van der Waals surface area contributed by atoms with E-state index in [1.54, 1.807) is 0 Å². The molecule has 0 radical (unpaired) electrons. The smallest absolute Gasteiger partial charge is 0.229 e. The summed E-state index contributed by atoms with van der Waals surface area (Å²) in [5, 5.41) is 4.85. The molecule has 1 aromatic carbocycles. The van der Waals surface area contributed by atoms with E-state index in [9.17, 15) is 0 Å². The lowest BCUT2D eigenvalue weighted by atomic mass is 10.1. The normalized spacial score (nSPS) is 19.4. The molecule has 1 aliphatic heterocycles. The van der Waals surface area contributed by atoms with Gasteiger partial charge < -0.3 is 9.26 Å². The predicted octanol–water partition coefficient (Wildman–Crippen LogP) is 3.82. The predicted molar refractivity (Wildman–Crippen MR) is 95.7 cm³/mol. The van der Waals surface area contributed by atoms with Gasteiger partial charge in [-0.05, 0) is 43.4 Å². The van der Waals surface area contributed by atoms with Gasteiger partial charge in [-0.25, -0.2) is 0 Å². The second kappa shape index (κ2) is 7.85. The summed E-state index contributed by atoms with van der Waals surface area (Å²) in [5.41, 5.74) is 1.27. The van der Waals surface area contributed by atoms with Gasteiger partial charge in [0, 0.05) is 37.0 Å². The van der Waals surface area contributed by atoms with Crippen LogP contribution < -0.4 is 0 Å². The molecule has 0 amide bonds. The maximum atomic E-state index is 6.06. The fraction of sp³-hybridized carbons (Fsp3) is 0.579. The van der Waals surface area contributed by atoms with Crippen molar-refractivity contribution in [3.63, 3.8) is 0 Å². The molecular formula is C19H24ClN3O2. The quantitative estimate of drug-likeness (QED) is 0.750. The zero-order chi connectivity index (χ0) is 17.1. The van der Waals surface area contributed by atoms with Gasteiger partial charge >= 0.3 is 0 Å². The maximum Gasteiger partial charge on any atom is 0.229 e. The van der Waals surface area contributed by atoms with Gasteiger partial charge in [-0.15, -0.1) is 0 Å². The number of halogens is 1. The summed E-state index contributed by atoms with van der Waals surface area (Å²) in [7, 11) is 0. The summed E-state index contributed by atoms with van der Waals surface area (Å²) in [6.45, 7) is 3.75. The number of hydrogen-bond donors (Lipinski definition) is 0. The Balaban J connectivity index is 1.16. The van der Waals surface area contributed by atoms with Gasteiger partial charge in [-0.2, -0.15) is 4.98 Å². The van der Waals surface area contributed by atoms with Crippen LogP contribution in [0.4, 0.5) is 0 Å². The van der Waals surface area contributed by atoms with Crippen LogP contribution in [0, 0.1) is 0 Å². The highest BCUT2D eigenvalue weighted by Gasteiger charge is 2.29. The van der Waals surface area contributed by atoms with Gasteiger partial charge in [0.05, 0.1) is 12.7 Å². The van der Waals surface area contributed by atoms with Crippen LogP contribution in [0.5, 0.6) is 0 Å². The zero-order valence-electron chi connectivity index (χ0n) is 14.4. The van der Waals surface area contributed by atoms with Crippen molar-refractivity contribution in [2.24, 2.45) is 0 Å². The van der Waals surface area contributed by atoms with E-state index in [4.69, 9.17) is 20.9 Å². The molecule has 0 unspecified atom stereocenters. The minimum Gasteiger partial charge on any atom is -0.378 e. The number of nitrogens with zero attached hydrogens (tertiary/aromatic N) is 3. The van der Waals surface area contributed by atoms with Crippen LogP contribution in [0.3, 0.4) is 0 Å². The minimum absolute atomic E-state index is 0.338. The Kier molecular flexibility index (Phi) is 5.34. The molecule has 0 N–H and O–H groups in total. The SMILES string of the molecule is Clc1cccc(CN2CCC(OCCc3noc(C4CC4)n3)CC2)c1. The first-order chi connectivity index (χ1) is 12.3. The van der Waals surface area contributed by atoms with E-state index in [0.717, 1.165) is 55.6 Å². The summed E-state index contributed by atoms with van der Waals surface area (Å²) in [5.74, 6) is 2.11. The Morgan fingerprint density at radius 3 is 2.80 bits per heavy atom. The Hall–Kier alpha value is -1.43. The van der Waals surface area contributed by atoms with Crippen molar-refractivity contribution in [2.75, 3.05) is 19.7 Å². The molecule has 0 spiro atoms. The molecule has 2 fully saturated rings. The topological polar surface area (TPSA) is 51.4 Å². The van der Waals surface area contributed by atoms with Gasteiger partial charge in [0.2, 0.25) is 5.89 Å². The highest BCUT2D eigenvalue weighted by Crippen LogP contribution is 2.38. The molecule has 134 valence electrons. The highest BCUT2D eigenvalue weighted by atomic mass is 35.5. The van der Waals surface area contributed by atoms with E-state index >= 15 is 0 Å². The van der Waals surface area contributed by atoms with Crippen LogP contribution in [-0.4, -0.2) is 40.8 Å². The van der Waals surface area contributed by atoms with Crippen LogP contribution in [-0.2, 0) is 17.7 Å². The Morgan fingerprint density at radius 1 is 1.20 bits per heavy atom. The summed E-state index contributed by atoms with van der Waals surface area (Å²) in [6, 6.07) is 8.11. The lowest BCUT2D eigenvalue weighted by Crippen LogP contribution is -2.36. The van der Waals surface area contributed by atoms with Crippen molar-refractivity contribution >= 4 is 11.6 Å². The molecular weight excluding hydrogens is 338 g/mol. The van der Waals surface area contributed by atoms with E-state index in [-0.39, 0.29) is 0 Å². The maximum absolute atomic E-state index is 6.06. The van der Waals surface area contributed by atoms with Crippen molar-refractivity contribution in [3.8, 4) is 0 Å². The largest absolute Gasteiger partial charge is 0.378 e. The van der Waals surface area contributed by atoms with E-state index in [0.29, 0.717) is 18.6 Å². The van der Waals surface area contributed by atoms with Crippen molar-refractivity contribution < 1.29 is 9.26 Å². The van der Waals surface area contributed by atoms with E-state index < -0.39 is 0 Å². The Morgan fingerprint density at radius 2 is 2.04 bits per heavy atom. The lowest BCUT2D eigenvalue weighted by Gasteiger charge is -2.31. The molecule has 2 aliphatic rings. The molecule has 25 heavy (non-hydrogen) atoms. The van der Waals surface area contributed by atoms with Crippen LogP contribution in [0.1, 0.15) is 48.9 Å². The number of ether oxygens (including phenoxy) is 1. The monoisotopic (exact) mass is 361 g/mol. The molecule has 2 heterocycles. The minimum atomic E-state index is 0.338. The van der Waals surface area contributed by atoms with Crippen molar-refractivity contribution in [1.29, 1.82) is 0 Å². The summed E-state index contributed by atoms with van der Waals surface area (Å²) in [4.78, 5) is 6.91. The third-order valence-corrected chi connectivity index (χ3v) is 5.15. The van der Waals surface area contributed by atoms with Crippen LogP contribution in [0.15, 0.2) is 28.8 Å². The second-order valence-electron chi connectivity index (χ2n) is 7.05. The molecule has 1 aliphatic carbocycles. The van der Waals surface area contributed by atoms with Crippen LogP contribution in [0.25, 0.3) is 0 Å². The van der Waals surface area contributed by atoms with Gasteiger partial charge in [-0.1, -0.05) is 28.9 Å². The Bertz CT molecular complexity index is 693. The molecule has 5 nitrogen and oxygen atoms in total. The van der Waals surface area contributed by atoms with Crippen molar-refractivity contribution in [1.82, 2.24) is 15.0 Å². The van der Waals surface area contributed by atoms with Gasteiger partial charge in [0.25, 0.3) is 0 Å². The average Bonchev–Trinajstić information content (AvgIpc) is 3.36. The third-order valence-electron chi connectivity index (χ3n) is 4.92. The molecule has 0 atom stereocenters. The number of aromatic nitrogens is 2. The number of hydrogen-bond acceptors (Lipinski definition) is 5. The summed E-state index contributed by atoms with van der Waals surface area (Å²) < 4.78 is 11.3. The first-order valence-electron chi connectivity index (χ1n) is 9.17.